The summed E-state index contributed by atoms with van der Waals surface area (Å²) >= 11 is 0. The Labute approximate surface area is 135 Å². The second-order valence-electron chi connectivity index (χ2n) is 6.20. The minimum atomic E-state index is -1.43. The molecule has 0 radical (unpaired) electrons. The number of benzene rings is 1. The Bertz CT molecular complexity index is 490. The van der Waals surface area contributed by atoms with Crippen molar-refractivity contribution in [1.82, 2.24) is 10.2 Å². The predicted octanol–water partition coefficient (Wildman–Crippen LogP) is 2.99. The van der Waals surface area contributed by atoms with Crippen LogP contribution in [0.1, 0.15) is 44.2 Å². The molecule has 3 nitrogen and oxygen atoms in total. The van der Waals surface area contributed by atoms with E-state index in [4.69, 9.17) is 0 Å². The molecule has 130 valence electrons. The SMILES string of the molecule is CC(NCCCCN1CCCC1CO)c1cc(F)c(F)c(F)c1. The van der Waals surface area contributed by atoms with Crippen molar-refractivity contribution in [3.05, 3.63) is 35.1 Å². The first-order chi connectivity index (χ1) is 11.0. The second-order valence-corrected chi connectivity index (χ2v) is 6.20. The van der Waals surface area contributed by atoms with Crippen molar-refractivity contribution in [2.24, 2.45) is 0 Å². The van der Waals surface area contributed by atoms with E-state index in [0.717, 1.165) is 57.5 Å². The van der Waals surface area contributed by atoms with Crippen LogP contribution in [0, 0.1) is 17.5 Å². The molecule has 0 bridgehead atoms. The molecule has 1 aromatic carbocycles. The van der Waals surface area contributed by atoms with E-state index in [1.165, 1.54) is 0 Å². The van der Waals surface area contributed by atoms with Crippen LogP contribution in [-0.4, -0.2) is 42.3 Å². The lowest BCUT2D eigenvalue weighted by Gasteiger charge is -2.22. The van der Waals surface area contributed by atoms with Gasteiger partial charge in [0.1, 0.15) is 0 Å². The summed E-state index contributed by atoms with van der Waals surface area (Å²) in [5, 5.41) is 12.5. The van der Waals surface area contributed by atoms with E-state index in [0.29, 0.717) is 11.6 Å². The quantitative estimate of drug-likeness (QED) is 0.568. The molecule has 1 aliphatic rings. The third-order valence-electron chi connectivity index (χ3n) is 4.54. The molecule has 0 spiro atoms. The van der Waals surface area contributed by atoms with Crippen LogP contribution in [0.25, 0.3) is 0 Å². The lowest BCUT2D eigenvalue weighted by molar-refractivity contribution is 0.157. The summed E-state index contributed by atoms with van der Waals surface area (Å²) < 4.78 is 39.4. The van der Waals surface area contributed by atoms with E-state index in [2.05, 4.69) is 10.2 Å². The Morgan fingerprint density at radius 2 is 1.96 bits per heavy atom. The lowest BCUT2D eigenvalue weighted by atomic mass is 10.1. The smallest absolute Gasteiger partial charge is 0.194 e. The van der Waals surface area contributed by atoms with Gasteiger partial charge in [0, 0.05) is 12.1 Å². The topological polar surface area (TPSA) is 35.5 Å². The number of aliphatic hydroxyl groups is 1. The van der Waals surface area contributed by atoms with Crippen molar-refractivity contribution in [2.75, 3.05) is 26.2 Å². The van der Waals surface area contributed by atoms with Crippen LogP contribution in [0.4, 0.5) is 13.2 Å². The molecular weight excluding hydrogens is 305 g/mol. The van der Waals surface area contributed by atoms with E-state index in [9.17, 15) is 18.3 Å². The Balaban J connectivity index is 1.70. The maximum absolute atomic E-state index is 13.2. The Kier molecular flexibility index (Phi) is 6.87. The van der Waals surface area contributed by atoms with Gasteiger partial charge in [0.25, 0.3) is 0 Å². The van der Waals surface area contributed by atoms with Gasteiger partial charge in [-0.25, -0.2) is 13.2 Å². The Morgan fingerprint density at radius 3 is 2.61 bits per heavy atom. The number of nitrogens with one attached hydrogen (secondary N) is 1. The minimum Gasteiger partial charge on any atom is -0.395 e. The fourth-order valence-corrected chi connectivity index (χ4v) is 3.10. The molecule has 0 amide bonds. The molecule has 1 aliphatic heterocycles. The first-order valence-electron chi connectivity index (χ1n) is 8.25. The van der Waals surface area contributed by atoms with Gasteiger partial charge in [0.15, 0.2) is 17.5 Å². The molecular formula is C17H25F3N2O. The van der Waals surface area contributed by atoms with Crippen molar-refractivity contribution in [3.8, 4) is 0 Å². The molecule has 0 aliphatic carbocycles. The number of aliphatic hydroxyl groups excluding tert-OH is 1. The zero-order valence-corrected chi connectivity index (χ0v) is 13.5. The molecule has 2 atom stereocenters. The highest BCUT2D eigenvalue weighted by Gasteiger charge is 2.22. The average Bonchev–Trinajstić information content (AvgIpc) is 2.99. The van der Waals surface area contributed by atoms with Gasteiger partial charge in [-0.1, -0.05) is 0 Å². The lowest BCUT2D eigenvalue weighted by Crippen LogP contribution is -2.33. The van der Waals surface area contributed by atoms with Crippen molar-refractivity contribution < 1.29 is 18.3 Å². The number of rotatable bonds is 8. The number of nitrogens with zero attached hydrogens (tertiary/aromatic N) is 1. The standard InChI is InChI=1S/C17H25F3N2O/c1-12(13-9-15(18)17(20)16(19)10-13)21-6-2-3-7-22-8-4-5-14(22)11-23/h9-10,12,14,21,23H,2-8,11H2,1H3. The molecule has 2 unspecified atom stereocenters. The summed E-state index contributed by atoms with van der Waals surface area (Å²) in [7, 11) is 0. The molecule has 2 N–H and O–H groups in total. The molecule has 1 fully saturated rings. The minimum absolute atomic E-state index is 0.219. The van der Waals surface area contributed by atoms with Crippen LogP contribution in [0.15, 0.2) is 12.1 Å². The van der Waals surface area contributed by atoms with Gasteiger partial charge in [-0.15, -0.1) is 0 Å². The average molecular weight is 330 g/mol. The molecule has 6 heteroatoms. The van der Waals surface area contributed by atoms with Crippen LogP contribution >= 0.6 is 0 Å². The monoisotopic (exact) mass is 330 g/mol. The maximum atomic E-state index is 13.2. The highest BCUT2D eigenvalue weighted by Crippen LogP contribution is 2.19. The highest BCUT2D eigenvalue weighted by atomic mass is 19.2. The third kappa shape index (κ3) is 4.93. The third-order valence-corrected chi connectivity index (χ3v) is 4.54. The van der Waals surface area contributed by atoms with Crippen LogP contribution in [0.3, 0.4) is 0 Å². The fraction of sp³-hybridized carbons (Fsp3) is 0.647. The summed E-state index contributed by atoms with van der Waals surface area (Å²) in [4.78, 5) is 2.31. The zero-order valence-electron chi connectivity index (χ0n) is 13.5. The summed E-state index contributed by atoms with van der Waals surface area (Å²) in [6.07, 6.45) is 4.14. The van der Waals surface area contributed by atoms with E-state index in [-0.39, 0.29) is 12.6 Å². The zero-order chi connectivity index (χ0) is 16.8. The molecule has 2 rings (SSSR count). The first kappa shape index (κ1) is 18.2. The van der Waals surface area contributed by atoms with Crippen LogP contribution in [-0.2, 0) is 0 Å². The number of likely N-dealkylation sites (tertiary alicyclic amines) is 1. The van der Waals surface area contributed by atoms with E-state index in [1.807, 2.05) is 0 Å². The molecule has 0 saturated carbocycles. The van der Waals surface area contributed by atoms with Crippen LogP contribution < -0.4 is 5.32 Å². The van der Waals surface area contributed by atoms with Crippen molar-refractivity contribution in [1.29, 1.82) is 0 Å². The molecule has 0 aromatic heterocycles. The van der Waals surface area contributed by atoms with Gasteiger partial charge < -0.3 is 10.4 Å². The van der Waals surface area contributed by atoms with E-state index < -0.39 is 17.5 Å². The summed E-state index contributed by atoms with van der Waals surface area (Å²) in [5.74, 6) is -3.74. The number of unbranched alkanes of at least 4 members (excludes halogenated alkanes) is 1. The van der Waals surface area contributed by atoms with Gasteiger partial charge in [-0.2, -0.15) is 0 Å². The highest BCUT2D eigenvalue weighted by molar-refractivity contribution is 5.22. The fourth-order valence-electron chi connectivity index (χ4n) is 3.10. The van der Waals surface area contributed by atoms with E-state index >= 15 is 0 Å². The molecule has 1 saturated heterocycles. The molecule has 1 aromatic rings. The maximum Gasteiger partial charge on any atom is 0.194 e. The predicted molar refractivity (Wildman–Crippen MR) is 83.6 cm³/mol. The van der Waals surface area contributed by atoms with Crippen molar-refractivity contribution in [3.63, 3.8) is 0 Å². The van der Waals surface area contributed by atoms with Crippen LogP contribution in [0.5, 0.6) is 0 Å². The summed E-state index contributed by atoms with van der Waals surface area (Å²) in [5.41, 5.74) is 0.404. The van der Waals surface area contributed by atoms with Gasteiger partial charge in [0.05, 0.1) is 6.61 Å². The number of hydrogen-bond acceptors (Lipinski definition) is 3. The molecule has 1 heterocycles. The Hall–Kier alpha value is -1.11. The summed E-state index contributed by atoms with van der Waals surface area (Å²) in [6.45, 7) is 4.75. The Morgan fingerprint density at radius 1 is 1.26 bits per heavy atom. The normalized spacial score (nSPS) is 20.1. The molecule has 23 heavy (non-hydrogen) atoms. The number of hydrogen-bond donors (Lipinski definition) is 2. The van der Waals surface area contributed by atoms with Crippen molar-refractivity contribution >= 4 is 0 Å². The van der Waals surface area contributed by atoms with Gasteiger partial charge in [-0.05, 0) is 69.9 Å². The van der Waals surface area contributed by atoms with Gasteiger partial charge >= 0.3 is 0 Å². The largest absolute Gasteiger partial charge is 0.395 e. The number of halogens is 3. The second kappa shape index (κ2) is 8.66. The van der Waals surface area contributed by atoms with Crippen molar-refractivity contribution in [2.45, 2.75) is 44.7 Å². The van der Waals surface area contributed by atoms with Gasteiger partial charge in [-0.3, -0.25) is 4.90 Å². The van der Waals surface area contributed by atoms with Gasteiger partial charge in [0.2, 0.25) is 0 Å². The summed E-state index contributed by atoms with van der Waals surface area (Å²) in [6, 6.07) is 2.13. The van der Waals surface area contributed by atoms with Crippen LogP contribution in [0.2, 0.25) is 0 Å². The first-order valence-corrected chi connectivity index (χ1v) is 8.25. The van der Waals surface area contributed by atoms with E-state index in [1.54, 1.807) is 6.92 Å².